The Morgan fingerprint density at radius 1 is 1.00 bits per heavy atom. The van der Waals surface area contributed by atoms with Gasteiger partial charge in [-0.3, -0.25) is 14.5 Å². The first-order valence-corrected chi connectivity index (χ1v) is 13.0. The van der Waals surface area contributed by atoms with Gasteiger partial charge in [-0.05, 0) is 78.4 Å². The van der Waals surface area contributed by atoms with Gasteiger partial charge in [-0.2, -0.15) is 11.3 Å². The Bertz CT molecular complexity index is 1340. The molecule has 0 saturated carbocycles. The number of fused-ring (bicyclic) bond motifs is 1. The van der Waals surface area contributed by atoms with Gasteiger partial charge in [0.2, 0.25) is 11.8 Å². The lowest BCUT2D eigenvalue weighted by atomic mass is 9.87. The molecule has 2 heterocycles. The minimum atomic E-state index is -0.807. The number of carbonyl (C=O) groups is 2. The highest BCUT2D eigenvalue weighted by atomic mass is 32.1. The topological polar surface area (TPSA) is 67.2 Å². The molecule has 4 rings (SSSR count). The van der Waals surface area contributed by atoms with Crippen LogP contribution in [-0.4, -0.2) is 26.9 Å². The second-order valence-corrected chi connectivity index (χ2v) is 11.9. The summed E-state index contributed by atoms with van der Waals surface area (Å²) in [4.78, 5) is 33.8. The van der Waals surface area contributed by atoms with Crippen molar-refractivity contribution in [3.8, 4) is 0 Å². The van der Waals surface area contributed by atoms with Crippen molar-refractivity contribution in [1.82, 2.24) is 14.9 Å². The van der Waals surface area contributed by atoms with Crippen molar-refractivity contribution in [1.29, 1.82) is 0 Å². The number of imidazole rings is 1. The van der Waals surface area contributed by atoms with Gasteiger partial charge in [0.05, 0.1) is 17.4 Å². The highest BCUT2D eigenvalue weighted by molar-refractivity contribution is 7.08. The van der Waals surface area contributed by atoms with E-state index in [4.69, 9.17) is 0 Å². The predicted molar refractivity (Wildman–Crippen MR) is 147 cm³/mol. The number of aromatic nitrogens is 2. The van der Waals surface area contributed by atoms with E-state index in [-0.39, 0.29) is 23.8 Å². The van der Waals surface area contributed by atoms with Gasteiger partial charge >= 0.3 is 0 Å². The smallest absolute Gasteiger partial charge is 0.248 e. The molecule has 188 valence electrons. The Morgan fingerprint density at radius 2 is 1.69 bits per heavy atom. The van der Waals surface area contributed by atoms with E-state index >= 15 is 0 Å². The van der Waals surface area contributed by atoms with Crippen LogP contribution >= 0.6 is 11.3 Å². The maximum absolute atomic E-state index is 14.0. The molecular weight excluding hydrogens is 468 g/mol. The maximum Gasteiger partial charge on any atom is 0.248 e. The summed E-state index contributed by atoms with van der Waals surface area (Å²) in [5.74, 6) is -0.411. The van der Waals surface area contributed by atoms with Crippen LogP contribution in [0.3, 0.4) is 0 Å². The van der Waals surface area contributed by atoms with Crippen LogP contribution in [0.25, 0.3) is 11.0 Å². The normalized spacial score (nSPS) is 12.9. The molecule has 2 amide bonds. The van der Waals surface area contributed by atoms with Gasteiger partial charge in [0.25, 0.3) is 0 Å². The first-order valence-electron chi connectivity index (χ1n) is 12.1. The van der Waals surface area contributed by atoms with E-state index in [2.05, 4.69) is 31.1 Å². The number of hydrogen-bond donors (Lipinski definition) is 1. The summed E-state index contributed by atoms with van der Waals surface area (Å²) in [7, 11) is 0. The van der Waals surface area contributed by atoms with Crippen molar-refractivity contribution in [2.45, 2.75) is 65.1 Å². The third-order valence-electron chi connectivity index (χ3n) is 5.98. The fourth-order valence-electron chi connectivity index (χ4n) is 4.20. The lowest BCUT2D eigenvalue weighted by Gasteiger charge is -2.34. The van der Waals surface area contributed by atoms with Crippen LogP contribution in [0.4, 0.5) is 5.69 Å². The van der Waals surface area contributed by atoms with Crippen molar-refractivity contribution < 1.29 is 9.59 Å². The molecule has 0 saturated heterocycles. The van der Waals surface area contributed by atoms with Gasteiger partial charge < -0.3 is 9.88 Å². The highest BCUT2D eigenvalue weighted by Crippen LogP contribution is 2.32. The molecule has 0 aliphatic rings. The standard InChI is InChI=1S/C29H34N4O2S/c1-28(2,3)21-11-13-22(14-12-21)33(25(34)17-32-19-30-23-9-7-8-10-24(23)32)26(20-15-16-36-18-20)27(35)31-29(4,5)6/h7-16,18-19,26H,17H2,1-6H3,(H,31,35). The molecule has 7 heteroatoms. The number of hydrogen-bond acceptors (Lipinski definition) is 4. The van der Waals surface area contributed by atoms with E-state index in [9.17, 15) is 9.59 Å². The van der Waals surface area contributed by atoms with Crippen molar-refractivity contribution in [2.24, 2.45) is 0 Å². The summed E-state index contributed by atoms with van der Waals surface area (Å²) in [6, 6.07) is 16.8. The van der Waals surface area contributed by atoms with E-state index in [1.54, 1.807) is 11.2 Å². The van der Waals surface area contributed by atoms with Gasteiger partial charge in [0.1, 0.15) is 12.6 Å². The third-order valence-corrected chi connectivity index (χ3v) is 6.68. The number of nitrogens with one attached hydrogen (secondary N) is 1. The zero-order valence-corrected chi connectivity index (χ0v) is 22.6. The zero-order chi connectivity index (χ0) is 26.1. The molecule has 1 N–H and O–H groups in total. The predicted octanol–water partition coefficient (Wildman–Crippen LogP) is 6.08. The Morgan fingerprint density at radius 3 is 2.31 bits per heavy atom. The minimum Gasteiger partial charge on any atom is -0.349 e. The quantitative estimate of drug-likeness (QED) is 0.347. The summed E-state index contributed by atoms with van der Waals surface area (Å²) in [6.45, 7) is 12.3. The molecule has 0 aliphatic carbocycles. The first kappa shape index (κ1) is 25.6. The molecular formula is C29H34N4O2S. The lowest BCUT2D eigenvalue weighted by molar-refractivity contribution is -0.127. The number of nitrogens with zero attached hydrogens (tertiary/aromatic N) is 3. The van der Waals surface area contributed by atoms with E-state index < -0.39 is 11.6 Å². The fourth-order valence-corrected chi connectivity index (χ4v) is 4.88. The van der Waals surface area contributed by atoms with Crippen LogP contribution in [0, 0.1) is 0 Å². The number of rotatable bonds is 6. The van der Waals surface area contributed by atoms with Crippen LogP contribution in [0.5, 0.6) is 0 Å². The summed E-state index contributed by atoms with van der Waals surface area (Å²) < 4.78 is 1.83. The number of benzene rings is 2. The van der Waals surface area contributed by atoms with E-state index in [1.807, 2.05) is 90.7 Å². The first-order chi connectivity index (χ1) is 16.9. The van der Waals surface area contributed by atoms with Crippen LogP contribution in [0.1, 0.15) is 58.7 Å². The molecule has 0 aliphatic heterocycles. The molecule has 6 nitrogen and oxygen atoms in total. The van der Waals surface area contributed by atoms with Gasteiger partial charge in [0, 0.05) is 11.2 Å². The summed E-state index contributed by atoms with van der Waals surface area (Å²) >= 11 is 1.51. The van der Waals surface area contributed by atoms with Gasteiger partial charge in [-0.15, -0.1) is 0 Å². The molecule has 36 heavy (non-hydrogen) atoms. The largest absolute Gasteiger partial charge is 0.349 e. The number of amides is 2. The molecule has 0 radical (unpaired) electrons. The molecule has 2 aromatic heterocycles. The summed E-state index contributed by atoms with van der Waals surface area (Å²) in [6.07, 6.45) is 1.68. The number of carbonyl (C=O) groups excluding carboxylic acids is 2. The molecule has 2 aromatic carbocycles. The molecule has 0 fully saturated rings. The average Bonchev–Trinajstić information content (AvgIpc) is 3.46. The van der Waals surface area contributed by atoms with Gasteiger partial charge in [0.15, 0.2) is 0 Å². The summed E-state index contributed by atoms with van der Waals surface area (Å²) in [5, 5.41) is 6.96. The Balaban J connectivity index is 1.79. The van der Waals surface area contributed by atoms with Gasteiger partial charge in [-0.25, -0.2) is 4.98 Å². The Hall–Kier alpha value is -3.45. The van der Waals surface area contributed by atoms with Gasteiger partial charge in [-0.1, -0.05) is 45.0 Å². The number of anilines is 1. The second kappa shape index (κ2) is 9.90. The zero-order valence-electron chi connectivity index (χ0n) is 21.8. The van der Waals surface area contributed by atoms with E-state index in [0.717, 1.165) is 22.2 Å². The maximum atomic E-state index is 14.0. The molecule has 1 atom stereocenters. The van der Waals surface area contributed by atoms with Crippen molar-refractivity contribution in [3.63, 3.8) is 0 Å². The second-order valence-electron chi connectivity index (χ2n) is 11.1. The van der Waals surface area contributed by atoms with Crippen LogP contribution in [0.2, 0.25) is 0 Å². The summed E-state index contributed by atoms with van der Waals surface area (Å²) in [5.41, 5.74) is 3.84. The van der Waals surface area contributed by atoms with Crippen LogP contribution in [-0.2, 0) is 21.5 Å². The molecule has 1 unspecified atom stereocenters. The van der Waals surface area contributed by atoms with Crippen LogP contribution in [0.15, 0.2) is 71.7 Å². The minimum absolute atomic E-state index is 0.0283. The highest BCUT2D eigenvalue weighted by Gasteiger charge is 2.35. The lowest BCUT2D eigenvalue weighted by Crippen LogP contribution is -2.50. The third kappa shape index (κ3) is 5.68. The van der Waals surface area contributed by atoms with Crippen molar-refractivity contribution in [3.05, 3.63) is 82.8 Å². The monoisotopic (exact) mass is 502 g/mol. The SMILES string of the molecule is CC(C)(C)NC(=O)C(c1ccsc1)N(C(=O)Cn1cnc2ccccc21)c1ccc(C(C)(C)C)cc1. The van der Waals surface area contributed by atoms with Crippen LogP contribution < -0.4 is 10.2 Å². The number of para-hydroxylation sites is 2. The Kier molecular flexibility index (Phi) is 7.05. The molecule has 0 bridgehead atoms. The van der Waals surface area contributed by atoms with E-state index in [1.165, 1.54) is 11.3 Å². The van der Waals surface area contributed by atoms with Crippen molar-refractivity contribution in [2.75, 3.05) is 4.90 Å². The van der Waals surface area contributed by atoms with E-state index in [0.29, 0.717) is 5.69 Å². The number of thiophene rings is 1. The molecule has 4 aromatic rings. The fraction of sp³-hybridized carbons (Fsp3) is 0.345. The molecule has 0 spiro atoms. The van der Waals surface area contributed by atoms with Crippen molar-refractivity contribution >= 4 is 39.9 Å². The Labute approximate surface area is 217 Å². The average molecular weight is 503 g/mol.